The summed E-state index contributed by atoms with van der Waals surface area (Å²) in [5.74, 6) is 0.733. The van der Waals surface area contributed by atoms with Gasteiger partial charge in [0.25, 0.3) is 0 Å². The van der Waals surface area contributed by atoms with Crippen LogP contribution in [-0.2, 0) is 0 Å². The molecule has 2 aromatic carbocycles. The van der Waals surface area contributed by atoms with Crippen LogP contribution in [0.4, 0.5) is 5.69 Å². The maximum atomic E-state index is 6.29. The fourth-order valence-corrected chi connectivity index (χ4v) is 2.75. The summed E-state index contributed by atoms with van der Waals surface area (Å²) in [5.41, 5.74) is 8.45. The molecule has 3 rings (SSSR count). The Labute approximate surface area is 127 Å². The third-order valence-corrected chi connectivity index (χ3v) is 3.85. The van der Waals surface area contributed by atoms with Gasteiger partial charge in [-0.05, 0) is 12.1 Å². The Bertz CT molecular complexity index is 646. The summed E-state index contributed by atoms with van der Waals surface area (Å²) in [6.45, 7) is 1.04. The highest BCUT2D eigenvalue weighted by Gasteiger charge is 2.22. The van der Waals surface area contributed by atoms with Gasteiger partial charge in [-0.2, -0.15) is 0 Å². The number of benzene rings is 2. The largest absolute Gasteiger partial charge is 0.489 e. The maximum Gasteiger partial charge on any atom is 0.144 e. The zero-order valence-corrected chi connectivity index (χ0v) is 12.2. The van der Waals surface area contributed by atoms with Gasteiger partial charge in [0.15, 0.2) is 0 Å². The van der Waals surface area contributed by atoms with Gasteiger partial charge in [0.05, 0.1) is 11.7 Å². The van der Waals surface area contributed by atoms with E-state index in [4.69, 9.17) is 33.7 Å². The molecule has 104 valence electrons. The summed E-state index contributed by atoms with van der Waals surface area (Å²) >= 11 is 12.5. The fraction of sp³-hybridized carbons (Fsp3) is 0.200. The van der Waals surface area contributed by atoms with Crippen LogP contribution in [0.5, 0.6) is 5.75 Å². The van der Waals surface area contributed by atoms with Crippen molar-refractivity contribution < 1.29 is 4.74 Å². The van der Waals surface area contributed by atoms with Crippen molar-refractivity contribution in [3.63, 3.8) is 0 Å². The molecular weight excluding hydrogens is 295 g/mol. The number of nitrogens with one attached hydrogen (secondary N) is 1. The molecule has 0 saturated carbocycles. The number of hydrogen-bond acceptors (Lipinski definition) is 3. The molecule has 0 aliphatic carbocycles. The van der Waals surface area contributed by atoms with E-state index in [1.54, 1.807) is 6.07 Å². The van der Waals surface area contributed by atoms with Crippen LogP contribution in [0.1, 0.15) is 0 Å². The standard InChI is InChI=1S/C15H14Cl2N2O/c16-9-5-12(11-3-1-2-4-13(11)17)15-14(6-9)20-8-10(7-18)19-15/h1-6,10,19H,7-8,18H2/t10-/m1/s1. The van der Waals surface area contributed by atoms with E-state index in [1.165, 1.54) is 0 Å². The Hall–Kier alpha value is -1.42. The third-order valence-electron chi connectivity index (χ3n) is 3.30. The molecule has 2 aromatic rings. The quantitative estimate of drug-likeness (QED) is 0.887. The molecule has 0 unspecified atom stereocenters. The van der Waals surface area contributed by atoms with E-state index in [1.807, 2.05) is 30.3 Å². The van der Waals surface area contributed by atoms with Crippen molar-refractivity contribution in [2.24, 2.45) is 5.73 Å². The Balaban J connectivity index is 2.16. The lowest BCUT2D eigenvalue weighted by atomic mass is 10.0. The molecule has 0 saturated heterocycles. The number of anilines is 1. The molecular formula is C15H14Cl2N2O. The summed E-state index contributed by atoms with van der Waals surface area (Å²) in [6.07, 6.45) is 0. The van der Waals surface area contributed by atoms with E-state index < -0.39 is 0 Å². The van der Waals surface area contributed by atoms with Crippen LogP contribution in [0, 0.1) is 0 Å². The Morgan fingerprint density at radius 3 is 2.75 bits per heavy atom. The first-order valence-electron chi connectivity index (χ1n) is 6.37. The van der Waals surface area contributed by atoms with Gasteiger partial charge in [-0.3, -0.25) is 0 Å². The molecule has 1 aliphatic rings. The number of halogens is 2. The van der Waals surface area contributed by atoms with Crippen molar-refractivity contribution in [2.75, 3.05) is 18.5 Å². The first kappa shape index (κ1) is 13.6. The monoisotopic (exact) mass is 308 g/mol. The topological polar surface area (TPSA) is 47.3 Å². The smallest absolute Gasteiger partial charge is 0.144 e. The maximum absolute atomic E-state index is 6.29. The van der Waals surface area contributed by atoms with E-state index in [2.05, 4.69) is 5.32 Å². The average molecular weight is 309 g/mol. The minimum Gasteiger partial charge on any atom is -0.489 e. The fourth-order valence-electron chi connectivity index (χ4n) is 2.30. The second kappa shape index (κ2) is 5.52. The second-order valence-electron chi connectivity index (χ2n) is 4.69. The van der Waals surface area contributed by atoms with E-state index >= 15 is 0 Å². The summed E-state index contributed by atoms with van der Waals surface area (Å²) in [4.78, 5) is 0. The van der Waals surface area contributed by atoms with Gasteiger partial charge in [0.1, 0.15) is 12.4 Å². The van der Waals surface area contributed by atoms with Gasteiger partial charge < -0.3 is 15.8 Å². The molecule has 20 heavy (non-hydrogen) atoms. The minimum absolute atomic E-state index is 0.0879. The lowest BCUT2D eigenvalue weighted by Crippen LogP contribution is -2.37. The lowest BCUT2D eigenvalue weighted by molar-refractivity contribution is 0.287. The number of fused-ring (bicyclic) bond motifs is 1. The predicted octanol–water partition coefficient (Wildman–Crippen LogP) is 3.79. The van der Waals surface area contributed by atoms with Crippen molar-refractivity contribution >= 4 is 28.9 Å². The molecule has 0 bridgehead atoms. The minimum atomic E-state index is 0.0879. The SMILES string of the molecule is NC[C@@H]1COc2cc(Cl)cc(-c3ccccc3Cl)c2N1. The van der Waals surface area contributed by atoms with Crippen molar-refractivity contribution in [3.05, 3.63) is 46.4 Å². The molecule has 1 heterocycles. The van der Waals surface area contributed by atoms with Crippen molar-refractivity contribution in [2.45, 2.75) is 6.04 Å². The molecule has 3 N–H and O–H groups in total. The number of nitrogens with two attached hydrogens (primary N) is 1. The van der Waals surface area contributed by atoms with Gasteiger partial charge in [-0.15, -0.1) is 0 Å². The molecule has 5 heteroatoms. The van der Waals surface area contributed by atoms with Crippen molar-refractivity contribution in [1.29, 1.82) is 0 Å². The van der Waals surface area contributed by atoms with Crippen LogP contribution in [0.3, 0.4) is 0 Å². The second-order valence-corrected chi connectivity index (χ2v) is 5.54. The van der Waals surface area contributed by atoms with Gasteiger partial charge in [0.2, 0.25) is 0 Å². The third kappa shape index (κ3) is 2.44. The number of rotatable bonds is 2. The highest BCUT2D eigenvalue weighted by Crippen LogP contribution is 2.43. The molecule has 0 amide bonds. The van der Waals surface area contributed by atoms with Crippen LogP contribution >= 0.6 is 23.2 Å². The van der Waals surface area contributed by atoms with E-state index in [0.717, 1.165) is 22.6 Å². The van der Waals surface area contributed by atoms with E-state index in [0.29, 0.717) is 23.2 Å². The number of ether oxygens (including phenoxy) is 1. The Morgan fingerprint density at radius 1 is 1.20 bits per heavy atom. The predicted molar refractivity (Wildman–Crippen MR) is 83.9 cm³/mol. The molecule has 1 aliphatic heterocycles. The van der Waals surface area contributed by atoms with Crippen LogP contribution in [0.15, 0.2) is 36.4 Å². The Morgan fingerprint density at radius 2 is 2.00 bits per heavy atom. The molecule has 0 radical (unpaired) electrons. The summed E-state index contributed by atoms with van der Waals surface area (Å²) in [6, 6.07) is 11.4. The van der Waals surface area contributed by atoms with Gasteiger partial charge >= 0.3 is 0 Å². The Kier molecular flexibility index (Phi) is 3.74. The van der Waals surface area contributed by atoms with Gasteiger partial charge in [0, 0.05) is 33.8 Å². The highest BCUT2D eigenvalue weighted by atomic mass is 35.5. The zero-order chi connectivity index (χ0) is 14.1. The molecule has 1 atom stereocenters. The molecule has 0 spiro atoms. The summed E-state index contributed by atoms with van der Waals surface area (Å²) < 4.78 is 5.74. The molecule has 0 aromatic heterocycles. The molecule has 0 fully saturated rings. The zero-order valence-electron chi connectivity index (χ0n) is 10.7. The average Bonchev–Trinajstić information content (AvgIpc) is 2.46. The lowest BCUT2D eigenvalue weighted by Gasteiger charge is -2.29. The summed E-state index contributed by atoms with van der Waals surface area (Å²) in [7, 11) is 0. The highest BCUT2D eigenvalue weighted by molar-refractivity contribution is 6.34. The van der Waals surface area contributed by atoms with Crippen molar-refractivity contribution in [1.82, 2.24) is 0 Å². The van der Waals surface area contributed by atoms with Crippen LogP contribution in [0.25, 0.3) is 11.1 Å². The van der Waals surface area contributed by atoms with Crippen LogP contribution in [-0.4, -0.2) is 19.2 Å². The normalized spacial score (nSPS) is 17.1. The first-order valence-corrected chi connectivity index (χ1v) is 7.12. The summed E-state index contributed by atoms with van der Waals surface area (Å²) in [5, 5.41) is 4.69. The van der Waals surface area contributed by atoms with E-state index in [9.17, 15) is 0 Å². The van der Waals surface area contributed by atoms with Gasteiger partial charge in [-0.1, -0.05) is 41.4 Å². The number of hydrogen-bond donors (Lipinski definition) is 2. The van der Waals surface area contributed by atoms with Crippen LogP contribution in [0.2, 0.25) is 10.0 Å². The van der Waals surface area contributed by atoms with E-state index in [-0.39, 0.29) is 6.04 Å². The van der Waals surface area contributed by atoms with Crippen LogP contribution < -0.4 is 15.8 Å². The first-order chi connectivity index (χ1) is 9.69. The van der Waals surface area contributed by atoms with Crippen molar-refractivity contribution in [3.8, 4) is 16.9 Å². The van der Waals surface area contributed by atoms with Gasteiger partial charge in [-0.25, -0.2) is 0 Å². The molecule has 3 nitrogen and oxygen atoms in total.